The van der Waals surface area contributed by atoms with Gasteiger partial charge in [-0.1, -0.05) is 29.3 Å². The smallest absolute Gasteiger partial charge is 0.271 e. The van der Waals surface area contributed by atoms with Crippen LogP contribution in [0.1, 0.15) is 27.2 Å². The van der Waals surface area contributed by atoms with E-state index in [-0.39, 0.29) is 5.91 Å². The Kier molecular flexibility index (Phi) is 5.00. The lowest BCUT2D eigenvalue weighted by atomic mass is 10.1. The average Bonchev–Trinajstić information content (AvgIpc) is 3.03. The molecule has 4 nitrogen and oxygen atoms in total. The first-order valence-corrected chi connectivity index (χ1v) is 8.26. The summed E-state index contributed by atoms with van der Waals surface area (Å²) in [4.78, 5) is 12.1. The van der Waals surface area contributed by atoms with Crippen molar-refractivity contribution in [3.63, 3.8) is 0 Å². The number of nitrogens with zero attached hydrogens (tertiary/aromatic N) is 2. The van der Waals surface area contributed by atoms with Crippen molar-refractivity contribution in [2.75, 3.05) is 0 Å². The van der Waals surface area contributed by atoms with Crippen LogP contribution < -0.4 is 5.43 Å². The van der Waals surface area contributed by atoms with Crippen LogP contribution in [-0.4, -0.2) is 16.7 Å². The first-order valence-electron chi connectivity index (χ1n) is 7.88. The average molecular weight is 352 g/mol. The number of nitrogens with one attached hydrogen (secondary N) is 1. The largest absolute Gasteiger partial charge is 0.315 e. The first kappa shape index (κ1) is 17.0. The maximum absolute atomic E-state index is 12.1. The number of hydrazone groups is 1. The molecule has 0 atom stereocenters. The zero-order chi connectivity index (χ0) is 17.8. The fourth-order valence-electron chi connectivity index (χ4n) is 2.62. The van der Waals surface area contributed by atoms with Crippen LogP contribution >= 0.6 is 11.6 Å². The molecule has 2 aromatic carbocycles. The second-order valence-corrected chi connectivity index (χ2v) is 6.24. The molecule has 0 saturated carbocycles. The Morgan fingerprint density at radius 1 is 1.12 bits per heavy atom. The molecule has 1 amide bonds. The van der Waals surface area contributed by atoms with E-state index < -0.39 is 0 Å². The molecular weight excluding hydrogens is 334 g/mol. The summed E-state index contributed by atoms with van der Waals surface area (Å²) in [5.74, 6) is -0.280. The number of halogens is 1. The molecule has 0 spiro atoms. The molecule has 1 heterocycles. The lowest BCUT2D eigenvalue weighted by Crippen LogP contribution is -2.17. The van der Waals surface area contributed by atoms with Crippen LogP contribution in [0.5, 0.6) is 0 Å². The van der Waals surface area contributed by atoms with E-state index in [1.807, 2.05) is 22.9 Å². The minimum Gasteiger partial charge on any atom is -0.315 e. The predicted octanol–water partition coefficient (Wildman–Crippen LogP) is 4.51. The minimum absolute atomic E-state index is 0.280. The van der Waals surface area contributed by atoms with Gasteiger partial charge in [0.1, 0.15) is 0 Å². The van der Waals surface area contributed by atoms with Crippen LogP contribution in [0.4, 0.5) is 0 Å². The fourth-order valence-corrected chi connectivity index (χ4v) is 2.74. The van der Waals surface area contributed by atoms with E-state index >= 15 is 0 Å². The number of aryl methyl sites for hydroxylation is 2. The Morgan fingerprint density at radius 2 is 1.88 bits per heavy atom. The van der Waals surface area contributed by atoms with Gasteiger partial charge in [-0.15, -0.1) is 0 Å². The predicted molar refractivity (Wildman–Crippen MR) is 102 cm³/mol. The highest BCUT2D eigenvalue weighted by molar-refractivity contribution is 6.30. The molecule has 0 radical (unpaired) electrons. The topological polar surface area (TPSA) is 46.4 Å². The van der Waals surface area contributed by atoms with Gasteiger partial charge in [-0.2, -0.15) is 5.10 Å². The lowest BCUT2D eigenvalue weighted by Gasteiger charge is -2.10. The fraction of sp³-hybridized carbons (Fsp3) is 0.100. The summed E-state index contributed by atoms with van der Waals surface area (Å²) in [6, 6.07) is 16.8. The second-order valence-electron chi connectivity index (χ2n) is 5.80. The summed E-state index contributed by atoms with van der Waals surface area (Å²) in [5.41, 5.74) is 7.40. The maximum Gasteiger partial charge on any atom is 0.271 e. The summed E-state index contributed by atoms with van der Waals surface area (Å²) in [7, 11) is 0. The highest BCUT2D eigenvalue weighted by atomic mass is 35.5. The maximum atomic E-state index is 12.1. The molecule has 0 unspecified atom stereocenters. The Hall–Kier alpha value is -2.85. The molecule has 1 N–H and O–H groups in total. The molecule has 126 valence electrons. The van der Waals surface area contributed by atoms with E-state index in [2.05, 4.69) is 42.6 Å². The van der Waals surface area contributed by atoms with Gasteiger partial charge in [-0.05, 0) is 61.9 Å². The first-order chi connectivity index (χ1) is 12.0. The van der Waals surface area contributed by atoms with Gasteiger partial charge in [-0.25, -0.2) is 5.43 Å². The Bertz CT molecular complexity index is 926. The molecule has 25 heavy (non-hydrogen) atoms. The lowest BCUT2D eigenvalue weighted by molar-refractivity contribution is 0.0955. The van der Waals surface area contributed by atoms with Gasteiger partial charge < -0.3 is 4.57 Å². The summed E-state index contributed by atoms with van der Waals surface area (Å²) >= 11 is 5.82. The minimum atomic E-state index is -0.280. The number of hydrogen-bond acceptors (Lipinski definition) is 2. The molecule has 0 aliphatic rings. The van der Waals surface area contributed by atoms with Gasteiger partial charge in [0.25, 0.3) is 5.91 Å². The van der Waals surface area contributed by atoms with Crippen LogP contribution in [0.15, 0.2) is 65.9 Å². The van der Waals surface area contributed by atoms with Gasteiger partial charge in [0.15, 0.2) is 0 Å². The normalized spacial score (nSPS) is 11.0. The summed E-state index contributed by atoms with van der Waals surface area (Å²) in [5, 5.41) is 4.66. The van der Waals surface area contributed by atoms with E-state index in [4.69, 9.17) is 11.6 Å². The Morgan fingerprint density at radius 3 is 2.60 bits per heavy atom. The van der Waals surface area contributed by atoms with Gasteiger partial charge in [0, 0.05) is 22.5 Å². The number of hydrogen-bond donors (Lipinski definition) is 1. The molecule has 0 aliphatic heterocycles. The van der Waals surface area contributed by atoms with Crippen LogP contribution in [0.2, 0.25) is 5.02 Å². The molecule has 0 bridgehead atoms. The van der Waals surface area contributed by atoms with Crippen molar-refractivity contribution in [2.24, 2.45) is 5.10 Å². The second kappa shape index (κ2) is 7.36. The van der Waals surface area contributed by atoms with E-state index in [1.165, 1.54) is 11.1 Å². The molecule has 0 aliphatic carbocycles. The number of carbonyl (C=O) groups is 1. The summed E-state index contributed by atoms with van der Waals surface area (Å²) in [6.45, 7) is 4.15. The monoisotopic (exact) mass is 351 g/mol. The van der Waals surface area contributed by atoms with E-state index in [9.17, 15) is 4.79 Å². The zero-order valence-corrected chi connectivity index (χ0v) is 14.8. The van der Waals surface area contributed by atoms with Crippen molar-refractivity contribution in [1.82, 2.24) is 9.99 Å². The third kappa shape index (κ3) is 3.98. The number of rotatable bonds is 4. The molecule has 5 heteroatoms. The highest BCUT2D eigenvalue weighted by Crippen LogP contribution is 2.17. The van der Waals surface area contributed by atoms with Crippen molar-refractivity contribution < 1.29 is 4.79 Å². The quantitative estimate of drug-likeness (QED) is 0.545. The molecule has 0 fully saturated rings. The third-order valence-corrected chi connectivity index (χ3v) is 4.11. The van der Waals surface area contributed by atoms with Crippen molar-refractivity contribution in [3.8, 4) is 5.69 Å². The number of benzene rings is 2. The van der Waals surface area contributed by atoms with Crippen LogP contribution in [0, 0.1) is 13.8 Å². The molecule has 3 aromatic rings. The van der Waals surface area contributed by atoms with Gasteiger partial charge in [0.05, 0.1) is 11.9 Å². The molecule has 3 rings (SSSR count). The summed E-state index contributed by atoms with van der Waals surface area (Å²) < 4.78 is 2.03. The van der Waals surface area contributed by atoms with Crippen LogP contribution in [0.3, 0.4) is 0 Å². The Labute approximate surface area is 151 Å². The zero-order valence-electron chi connectivity index (χ0n) is 14.0. The van der Waals surface area contributed by atoms with Crippen molar-refractivity contribution in [2.45, 2.75) is 13.8 Å². The van der Waals surface area contributed by atoms with E-state index in [1.54, 1.807) is 30.5 Å². The van der Waals surface area contributed by atoms with Crippen molar-refractivity contribution in [3.05, 3.63) is 88.2 Å². The van der Waals surface area contributed by atoms with E-state index in [0.29, 0.717) is 10.6 Å². The molecule has 1 aromatic heterocycles. The number of carbonyl (C=O) groups excluding carboxylic acids is 1. The van der Waals surface area contributed by atoms with Gasteiger partial charge in [-0.3, -0.25) is 4.79 Å². The number of amides is 1. The van der Waals surface area contributed by atoms with Gasteiger partial charge >= 0.3 is 0 Å². The van der Waals surface area contributed by atoms with Gasteiger partial charge in [0.2, 0.25) is 0 Å². The van der Waals surface area contributed by atoms with Crippen LogP contribution in [0.25, 0.3) is 5.69 Å². The highest BCUT2D eigenvalue weighted by Gasteiger charge is 2.06. The number of aromatic nitrogens is 1. The molecular formula is C20H18ClN3O. The van der Waals surface area contributed by atoms with Crippen molar-refractivity contribution >= 4 is 23.7 Å². The van der Waals surface area contributed by atoms with Crippen molar-refractivity contribution in [1.29, 1.82) is 0 Å². The third-order valence-electron chi connectivity index (χ3n) is 3.86. The Balaban J connectivity index is 1.76. The SMILES string of the molecule is Cc1ccc(-n2cccc2/C=N\NC(=O)c2ccc(Cl)cc2)c(C)c1. The van der Waals surface area contributed by atoms with E-state index in [0.717, 1.165) is 11.4 Å². The summed E-state index contributed by atoms with van der Waals surface area (Å²) in [6.07, 6.45) is 3.60. The molecule has 0 saturated heterocycles. The van der Waals surface area contributed by atoms with Crippen LogP contribution in [-0.2, 0) is 0 Å². The standard InChI is InChI=1S/C20H18ClN3O/c1-14-5-10-19(15(2)12-14)24-11-3-4-18(24)13-22-23-20(25)16-6-8-17(21)9-7-16/h3-13H,1-2H3,(H,23,25)/b22-13-.